The van der Waals surface area contributed by atoms with Crippen LogP contribution in [-0.4, -0.2) is 17.0 Å². The molecule has 0 fully saturated rings. The summed E-state index contributed by atoms with van der Waals surface area (Å²) < 4.78 is 0. The summed E-state index contributed by atoms with van der Waals surface area (Å²) in [6.45, 7) is 3.79. The van der Waals surface area contributed by atoms with Crippen LogP contribution in [0.25, 0.3) is 0 Å². The van der Waals surface area contributed by atoms with Gasteiger partial charge in [-0.15, -0.1) is 0 Å². The van der Waals surface area contributed by atoms with Crippen molar-refractivity contribution in [2.45, 2.75) is 84.2 Å². The van der Waals surface area contributed by atoms with Gasteiger partial charge in [0.25, 0.3) is 0 Å². The Morgan fingerprint density at radius 3 is 1.82 bits per heavy atom. The molecule has 0 spiro atoms. The minimum Gasteiger partial charge on any atom is -1.00 e. The third kappa shape index (κ3) is 14.6. The first kappa shape index (κ1) is 20.0. The minimum absolute atomic E-state index is 0. The molecule has 0 heterocycles. The Kier molecular flexibility index (Phi) is 17.2. The molecule has 1 unspecified atom stereocenters. The average Bonchev–Trinajstić information content (AvgIpc) is 2.26. The van der Waals surface area contributed by atoms with Crippen molar-refractivity contribution < 1.29 is 40.9 Å². The molecule has 98 valence electrons. The molecular formula is C14H29NaO2. The smallest absolute Gasteiger partial charge is 1.00 e. The van der Waals surface area contributed by atoms with Gasteiger partial charge in [0.1, 0.15) is 6.10 Å². The van der Waals surface area contributed by atoms with E-state index in [1.807, 2.05) is 0 Å². The van der Waals surface area contributed by atoms with Crippen molar-refractivity contribution in [1.82, 2.24) is 0 Å². The van der Waals surface area contributed by atoms with Gasteiger partial charge >= 0.3 is 29.6 Å². The summed E-state index contributed by atoms with van der Waals surface area (Å²) in [7, 11) is 0. The molecule has 0 amide bonds. The molecule has 3 heteroatoms. The molecule has 0 saturated carbocycles. The predicted molar refractivity (Wildman–Crippen MR) is 69.6 cm³/mol. The quantitative estimate of drug-likeness (QED) is 0.439. The largest absolute Gasteiger partial charge is 1.00 e. The van der Waals surface area contributed by atoms with E-state index in [1.54, 1.807) is 6.92 Å². The Hall–Kier alpha value is 0.630. The van der Waals surface area contributed by atoms with Gasteiger partial charge in [0.15, 0.2) is 5.78 Å². The summed E-state index contributed by atoms with van der Waals surface area (Å²) in [6.07, 6.45) is 11.1. The van der Waals surface area contributed by atoms with Crippen molar-refractivity contribution in [3.8, 4) is 0 Å². The van der Waals surface area contributed by atoms with E-state index >= 15 is 0 Å². The van der Waals surface area contributed by atoms with Crippen LogP contribution in [0.3, 0.4) is 0 Å². The van der Waals surface area contributed by atoms with Crippen molar-refractivity contribution in [2.24, 2.45) is 0 Å². The number of aliphatic hydroxyl groups is 1. The molecule has 0 radical (unpaired) electrons. The predicted octanol–water partition coefficient (Wildman–Crippen LogP) is 0.974. The molecule has 0 aliphatic rings. The van der Waals surface area contributed by atoms with Crippen molar-refractivity contribution in [1.29, 1.82) is 0 Å². The fourth-order valence-corrected chi connectivity index (χ4v) is 1.82. The van der Waals surface area contributed by atoms with Gasteiger partial charge in [0, 0.05) is 6.42 Å². The molecule has 0 aromatic carbocycles. The van der Waals surface area contributed by atoms with Crippen LogP contribution in [-0.2, 0) is 4.79 Å². The second kappa shape index (κ2) is 14.7. The van der Waals surface area contributed by atoms with E-state index in [9.17, 15) is 4.79 Å². The molecule has 1 atom stereocenters. The zero-order valence-corrected chi connectivity index (χ0v) is 14.0. The standard InChI is InChI=1S/C14H28O2.Na.H/c1-3-4-5-6-7-8-9-10-11-12-14(16)13(2)15;;/h13,15H,3-12H2,1-2H3;;/q;+1;-1. The number of carbonyl (C=O) groups excluding carboxylic acids is 1. The monoisotopic (exact) mass is 252 g/mol. The van der Waals surface area contributed by atoms with Crippen LogP contribution < -0.4 is 29.6 Å². The van der Waals surface area contributed by atoms with Gasteiger partial charge in [-0.05, 0) is 13.3 Å². The number of hydrogen-bond acceptors (Lipinski definition) is 2. The molecule has 17 heavy (non-hydrogen) atoms. The first-order valence-corrected chi connectivity index (χ1v) is 6.89. The summed E-state index contributed by atoms with van der Waals surface area (Å²) in [5.74, 6) is -0.0112. The van der Waals surface area contributed by atoms with Crippen molar-refractivity contribution in [2.75, 3.05) is 0 Å². The van der Waals surface area contributed by atoms with Crippen LogP contribution >= 0.6 is 0 Å². The number of carbonyl (C=O) groups is 1. The van der Waals surface area contributed by atoms with Gasteiger partial charge in [-0.25, -0.2) is 0 Å². The van der Waals surface area contributed by atoms with Crippen LogP contribution in [0, 0.1) is 0 Å². The van der Waals surface area contributed by atoms with Crippen molar-refractivity contribution in [3.05, 3.63) is 0 Å². The summed E-state index contributed by atoms with van der Waals surface area (Å²) >= 11 is 0. The zero-order valence-electron chi connectivity index (χ0n) is 13.0. The van der Waals surface area contributed by atoms with Crippen LogP contribution in [0.2, 0.25) is 0 Å². The zero-order chi connectivity index (χ0) is 12.2. The molecule has 0 bridgehead atoms. The van der Waals surface area contributed by atoms with Crippen LogP contribution in [0.1, 0.15) is 79.5 Å². The first-order valence-electron chi connectivity index (χ1n) is 6.89. The molecule has 0 saturated heterocycles. The Morgan fingerprint density at radius 2 is 1.41 bits per heavy atom. The Bertz CT molecular complexity index is 175. The fraction of sp³-hybridized carbons (Fsp3) is 0.929. The van der Waals surface area contributed by atoms with Crippen molar-refractivity contribution >= 4 is 5.78 Å². The van der Waals surface area contributed by atoms with E-state index in [4.69, 9.17) is 5.11 Å². The third-order valence-corrected chi connectivity index (χ3v) is 2.99. The molecule has 1 N–H and O–H groups in total. The number of rotatable bonds is 11. The van der Waals surface area contributed by atoms with Crippen molar-refractivity contribution in [3.63, 3.8) is 0 Å². The van der Waals surface area contributed by atoms with E-state index in [0.29, 0.717) is 6.42 Å². The topological polar surface area (TPSA) is 37.3 Å². The van der Waals surface area contributed by atoms with E-state index in [2.05, 4.69) is 6.92 Å². The number of Topliss-reactive ketones (excluding diaryl/α,β-unsaturated/α-hetero) is 1. The Balaban J connectivity index is -0.00000112. The summed E-state index contributed by atoms with van der Waals surface area (Å²) in [5, 5.41) is 8.99. The molecule has 0 aliphatic heterocycles. The van der Waals surface area contributed by atoms with E-state index in [-0.39, 0.29) is 36.8 Å². The maximum absolute atomic E-state index is 11.1. The summed E-state index contributed by atoms with van der Waals surface area (Å²) in [5.41, 5.74) is 0. The van der Waals surface area contributed by atoms with Gasteiger partial charge < -0.3 is 6.53 Å². The van der Waals surface area contributed by atoms with Gasteiger partial charge in [0.2, 0.25) is 0 Å². The normalized spacial score (nSPS) is 11.9. The fourth-order valence-electron chi connectivity index (χ4n) is 1.82. The number of unbranched alkanes of at least 4 members (excludes halogenated alkanes) is 8. The van der Waals surface area contributed by atoms with E-state index < -0.39 is 6.10 Å². The summed E-state index contributed by atoms with van der Waals surface area (Å²) in [4.78, 5) is 11.1. The minimum atomic E-state index is -0.769. The molecule has 0 aromatic rings. The van der Waals surface area contributed by atoms with Gasteiger partial charge in [-0.1, -0.05) is 58.3 Å². The SMILES string of the molecule is CCCCCCCCCCCC(=O)C(C)O.[H-].[Na+]. The summed E-state index contributed by atoms with van der Waals surface area (Å²) in [6, 6.07) is 0. The number of aliphatic hydroxyl groups excluding tert-OH is 1. The molecular weight excluding hydrogens is 223 g/mol. The van der Waals surface area contributed by atoms with Gasteiger partial charge in [0.05, 0.1) is 0 Å². The van der Waals surface area contributed by atoms with Crippen LogP contribution in [0.5, 0.6) is 0 Å². The van der Waals surface area contributed by atoms with Crippen LogP contribution in [0.15, 0.2) is 0 Å². The molecule has 0 aliphatic carbocycles. The number of ketones is 1. The van der Waals surface area contributed by atoms with Gasteiger partial charge in [-0.3, -0.25) is 4.79 Å². The molecule has 2 nitrogen and oxygen atoms in total. The average molecular weight is 252 g/mol. The first-order chi connectivity index (χ1) is 7.68. The van der Waals surface area contributed by atoms with Crippen LogP contribution in [0.4, 0.5) is 0 Å². The molecule has 0 aromatic heterocycles. The second-order valence-electron chi connectivity index (χ2n) is 4.72. The maximum atomic E-state index is 11.1. The van der Waals surface area contributed by atoms with E-state index in [0.717, 1.165) is 12.8 Å². The second-order valence-corrected chi connectivity index (χ2v) is 4.72. The third-order valence-electron chi connectivity index (χ3n) is 2.99. The Labute approximate surface area is 130 Å². The van der Waals surface area contributed by atoms with E-state index in [1.165, 1.54) is 44.9 Å². The maximum Gasteiger partial charge on any atom is 1.00 e. The molecule has 0 rings (SSSR count). The van der Waals surface area contributed by atoms with Gasteiger partial charge in [-0.2, -0.15) is 0 Å². The Morgan fingerprint density at radius 1 is 1.00 bits per heavy atom. The number of hydrogen-bond donors (Lipinski definition) is 1.